The van der Waals surface area contributed by atoms with E-state index in [0.29, 0.717) is 23.7 Å². The van der Waals surface area contributed by atoms with Crippen molar-refractivity contribution in [3.05, 3.63) is 65.7 Å². The molecule has 1 saturated heterocycles. The normalized spacial score (nSPS) is 20.7. The van der Waals surface area contributed by atoms with Gasteiger partial charge in [-0.3, -0.25) is 19.2 Å². The molecule has 5 rings (SSSR count). The van der Waals surface area contributed by atoms with Crippen molar-refractivity contribution >= 4 is 64.1 Å². The van der Waals surface area contributed by atoms with E-state index >= 15 is 0 Å². The fraction of sp³-hybridized carbons (Fsp3) is 0.450. The van der Waals surface area contributed by atoms with Crippen LogP contribution in [0.2, 0.25) is 0 Å². The van der Waals surface area contributed by atoms with E-state index in [1.54, 1.807) is 26.2 Å². The number of halogens is 1. The molecule has 0 radical (unpaired) electrons. The molecule has 58 heavy (non-hydrogen) atoms. The van der Waals surface area contributed by atoms with Crippen LogP contribution in [-0.4, -0.2) is 123 Å². The largest absolute Gasteiger partial charge is 0.463 e. The molecule has 6 atom stereocenters. The first-order valence-corrected chi connectivity index (χ1v) is 18.9. The Morgan fingerprint density at radius 3 is 1.98 bits per heavy atom. The summed E-state index contributed by atoms with van der Waals surface area (Å²) in [6, 6.07) is 15.8. The molecule has 0 aliphatic carbocycles. The number of carbonyl (C=O) groups excluding carboxylic acids is 6. The van der Waals surface area contributed by atoms with Crippen molar-refractivity contribution < 1.29 is 66.7 Å². The molecule has 0 aromatic heterocycles. The van der Waals surface area contributed by atoms with E-state index in [1.807, 2.05) is 30.3 Å². The maximum atomic E-state index is 13.1. The van der Waals surface area contributed by atoms with Crippen molar-refractivity contribution in [1.82, 2.24) is 9.80 Å². The minimum atomic E-state index is -1.41. The maximum absolute atomic E-state index is 13.1. The predicted molar refractivity (Wildman–Crippen MR) is 206 cm³/mol. The van der Waals surface area contributed by atoms with Gasteiger partial charge in [-0.05, 0) is 28.6 Å². The lowest BCUT2D eigenvalue weighted by Gasteiger charge is -2.43. The zero-order valence-electron chi connectivity index (χ0n) is 32.9. The van der Waals surface area contributed by atoms with Crippen LogP contribution >= 0.6 is 11.6 Å². The van der Waals surface area contributed by atoms with Crippen LogP contribution in [0.4, 0.5) is 15.3 Å². The number of esters is 4. The molecule has 312 valence electrons. The third-order valence-electron chi connectivity index (χ3n) is 9.26. The van der Waals surface area contributed by atoms with E-state index in [9.17, 15) is 28.8 Å². The smallest absolute Gasteiger partial charge is 0.415 e. The number of hydrogen-bond acceptors (Lipinski definition) is 15. The Labute approximate surface area is 339 Å². The number of ether oxygens (including phenoxy) is 8. The third kappa shape index (κ3) is 11.0. The number of anilines is 1. The molecular formula is C40H46ClN3O14. The van der Waals surface area contributed by atoms with Gasteiger partial charge >= 0.3 is 36.1 Å². The van der Waals surface area contributed by atoms with Crippen LogP contribution in [-0.2, 0) is 54.2 Å². The number of carbonyl (C=O) groups is 6. The number of likely N-dealkylation sites (N-methyl/N-ethyl adjacent to an activating group) is 2. The number of alkyl halides is 1. The highest BCUT2D eigenvalue weighted by molar-refractivity contribution is 6.18. The van der Waals surface area contributed by atoms with Gasteiger partial charge in [0.05, 0.1) is 0 Å². The van der Waals surface area contributed by atoms with Gasteiger partial charge in [-0.25, -0.2) is 9.59 Å². The lowest BCUT2D eigenvalue weighted by Crippen LogP contribution is -2.63. The first kappa shape index (κ1) is 43.3. The lowest BCUT2D eigenvalue weighted by molar-refractivity contribution is -0.288. The summed E-state index contributed by atoms with van der Waals surface area (Å²) >= 11 is 6.21. The Kier molecular flexibility index (Phi) is 14.6. The summed E-state index contributed by atoms with van der Waals surface area (Å²) in [5, 5.41) is 5.11. The summed E-state index contributed by atoms with van der Waals surface area (Å²) < 4.78 is 44.6. The average Bonchev–Trinajstić information content (AvgIpc) is 3.60. The van der Waals surface area contributed by atoms with Crippen LogP contribution in [0.25, 0.3) is 10.8 Å². The van der Waals surface area contributed by atoms with Crippen molar-refractivity contribution in [1.29, 1.82) is 0 Å². The second-order valence-electron chi connectivity index (χ2n) is 13.7. The number of nitrogens with one attached hydrogen (secondary N) is 1. The minimum absolute atomic E-state index is 0.107. The standard InChI is InChI=1S/C40H46ClN3O14/c1-22(45)51-21-33-35(53-23(2)46)36(54-24(3)47)37(55-25(4)48)38(57-33)56-28-13-11-26(12-14-28)20-52-39(49)43(5)15-16-44(6)40(50)58-32-17-31-34(27(18-41)19-42-31)30-10-8-7-9-29(30)32/h7-14,17,27,33,35-38,42H,15-16,18-21H2,1-6H3/t27-,33-,35+,36+,37-,38-/m1/s1. The SMILES string of the molecule is CC(=O)OC[C@H]1O[C@@H](Oc2ccc(COC(=O)N(C)CCN(C)C(=O)Oc3cc4c(c5ccccc35)[C@H](CCl)CN4)cc2)[C@H](OC(C)=O)[C@@H](OC(C)=O)[C@H]1OC(C)=O. The molecule has 0 bridgehead atoms. The molecule has 1 fully saturated rings. The van der Waals surface area contributed by atoms with Crippen LogP contribution in [0.15, 0.2) is 54.6 Å². The summed E-state index contributed by atoms with van der Waals surface area (Å²) in [5.74, 6) is -1.71. The van der Waals surface area contributed by atoms with Crippen molar-refractivity contribution in [2.75, 3.05) is 51.5 Å². The Morgan fingerprint density at radius 2 is 1.36 bits per heavy atom. The van der Waals surface area contributed by atoms with Gasteiger partial charge in [-0.1, -0.05) is 36.4 Å². The Bertz CT molecular complexity index is 1990. The van der Waals surface area contributed by atoms with E-state index in [-0.39, 0.29) is 31.4 Å². The molecule has 0 unspecified atom stereocenters. The summed E-state index contributed by atoms with van der Waals surface area (Å²) in [7, 11) is 3.11. The molecule has 2 aliphatic heterocycles. The number of hydrogen-bond donors (Lipinski definition) is 1. The second-order valence-corrected chi connectivity index (χ2v) is 14.0. The highest BCUT2D eigenvalue weighted by atomic mass is 35.5. The second kappa shape index (κ2) is 19.6. The first-order valence-electron chi connectivity index (χ1n) is 18.4. The van der Waals surface area contributed by atoms with Gasteiger partial charge in [0.1, 0.15) is 30.8 Å². The van der Waals surface area contributed by atoms with Crippen LogP contribution in [0.1, 0.15) is 44.7 Å². The van der Waals surface area contributed by atoms with Crippen LogP contribution in [0, 0.1) is 0 Å². The van der Waals surface area contributed by atoms with E-state index in [4.69, 9.17) is 49.5 Å². The minimum Gasteiger partial charge on any atom is -0.463 e. The van der Waals surface area contributed by atoms with Gasteiger partial charge in [0.15, 0.2) is 12.2 Å². The van der Waals surface area contributed by atoms with Gasteiger partial charge in [-0.15, -0.1) is 11.6 Å². The zero-order chi connectivity index (χ0) is 42.1. The molecule has 2 aliphatic rings. The number of amides is 2. The topological polar surface area (TPSA) is 195 Å². The molecule has 0 spiro atoms. The van der Waals surface area contributed by atoms with Crippen molar-refractivity contribution in [3.63, 3.8) is 0 Å². The third-order valence-corrected chi connectivity index (χ3v) is 9.63. The highest BCUT2D eigenvalue weighted by Crippen LogP contribution is 2.42. The van der Waals surface area contributed by atoms with E-state index in [2.05, 4.69) is 5.32 Å². The first-order chi connectivity index (χ1) is 27.6. The van der Waals surface area contributed by atoms with E-state index in [1.165, 1.54) is 28.9 Å². The monoisotopic (exact) mass is 827 g/mol. The molecule has 3 aromatic rings. The van der Waals surface area contributed by atoms with Crippen molar-refractivity contribution in [2.24, 2.45) is 0 Å². The van der Waals surface area contributed by atoms with Gasteiger partial charge in [0.2, 0.25) is 12.4 Å². The Balaban J connectivity index is 1.16. The van der Waals surface area contributed by atoms with Crippen LogP contribution in [0.5, 0.6) is 11.5 Å². The summed E-state index contributed by atoms with van der Waals surface area (Å²) in [6.07, 6.45) is -7.94. The summed E-state index contributed by atoms with van der Waals surface area (Å²) in [6.45, 7) is 5.03. The number of nitrogens with zero attached hydrogens (tertiary/aromatic N) is 2. The molecule has 18 heteroatoms. The molecule has 17 nitrogen and oxygen atoms in total. The fourth-order valence-corrected chi connectivity index (χ4v) is 6.76. The van der Waals surface area contributed by atoms with Crippen LogP contribution in [0.3, 0.4) is 0 Å². The zero-order valence-corrected chi connectivity index (χ0v) is 33.6. The maximum Gasteiger partial charge on any atom is 0.415 e. The van der Waals surface area contributed by atoms with Gasteiger partial charge in [-0.2, -0.15) is 0 Å². The molecule has 0 saturated carbocycles. The molecule has 2 heterocycles. The van der Waals surface area contributed by atoms with Crippen molar-refractivity contribution in [3.8, 4) is 11.5 Å². The van der Waals surface area contributed by atoms with E-state index in [0.717, 1.165) is 42.8 Å². The fourth-order valence-electron chi connectivity index (χ4n) is 6.49. The molecular weight excluding hydrogens is 782 g/mol. The number of rotatable bonds is 14. The van der Waals surface area contributed by atoms with Gasteiger partial charge < -0.3 is 53.0 Å². The summed E-state index contributed by atoms with van der Waals surface area (Å²) in [4.78, 5) is 76.5. The van der Waals surface area contributed by atoms with Crippen LogP contribution < -0.4 is 14.8 Å². The van der Waals surface area contributed by atoms with Gasteiger partial charge in [0, 0.05) is 90.4 Å². The number of benzene rings is 3. The summed E-state index contributed by atoms with van der Waals surface area (Å²) in [5.41, 5.74) is 2.57. The van der Waals surface area contributed by atoms with E-state index < -0.39 is 73.4 Å². The lowest BCUT2D eigenvalue weighted by atomic mass is 9.95. The van der Waals surface area contributed by atoms with Gasteiger partial charge in [0.25, 0.3) is 0 Å². The molecule has 1 N–H and O–H groups in total. The quantitative estimate of drug-likeness (QED) is 0.133. The Hall–Kier alpha value is -5.81. The molecule has 2 amide bonds. The number of fused-ring (bicyclic) bond motifs is 3. The molecule has 3 aromatic carbocycles. The highest BCUT2D eigenvalue weighted by Gasteiger charge is 2.53. The predicted octanol–water partition coefficient (Wildman–Crippen LogP) is 4.75. The van der Waals surface area contributed by atoms with Crippen molar-refractivity contribution in [2.45, 2.75) is 70.9 Å². The Morgan fingerprint density at radius 1 is 0.759 bits per heavy atom. The average molecular weight is 828 g/mol.